The SMILES string of the molecule is Cc1cc(F)ccc1CN(C)CCC(N)=S. The van der Waals surface area contributed by atoms with Gasteiger partial charge >= 0.3 is 0 Å². The molecule has 1 aromatic rings. The molecule has 4 heteroatoms. The van der Waals surface area contributed by atoms with Crippen molar-refractivity contribution < 1.29 is 4.39 Å². The zero-order valence-corrected chi connectivity index (χ0v) is 10.5. The van der Waals surface area contributed by atoms with Crippen LogP contribution in [0.1, 0.15) is 17.5 Å². The smallest absolute Gasteiger partial charge is 0.123 e. The van der Waals surface area contributed by atoms with E-state index >= 15 is 0 Å². The average molecular weight is 240 g/mol. The van der Waals surface area contributed by atoms with E-state index in [4.69, 9.17) is 18.0 Å². The van der Waals surface area contributed by atoms with Crippen LogP contribution >= 0.6 is 12.2 Å². The van der Waals surface area contributed by atoms with Gasteiger partial charge in [0, 0.05) is 19.5 Å². The van der Waals surface area contributed by atoms with Crippen molar-refractivity contribution in [3.63, 3.8) is 0 Å². The standard InChI is InChI=1S/C12H17FN2S/c1-9-7-11(13)4-3-10(9)8-15(2)6-5-12(14)16/h3-4,7H,5-6,8H2,1-2H3,(H2,14,16). The molecule has 0 aliphatic heterocycles. The summed E-state index contributed by atoms with van der Waals surface area (Å²) in [6, 6.07) is 4.86. The number of benzene rings is 1. The molecule has 1 rings (SSSR count). The molecule has 0 atom stereocenters. The third-order valence-electron chi connectivity index (χ3n) is 2.48. The number of aryl methyl sites for hydroxylation is 1. The zero-order valence-electron chi connectivity index (χ0n) is 9.66. The number of thiocarbonyl (C=S) groups is 1. The molecule has 2 N–H and O–H groups in total. The second kappa shape index (κ2) is 5.92. The van der Waals surface area contributed by atoms with Crippen molar-refractivity contribution in [1.82, 2.24) is 4.90 Å². The van der Waals surface area contributed by atoms with Crippen LogP contribution in [0.2, 0.25) is 0 Å². The Hall–Kier alpha value is -1.00. The molecule has 0 unspecified atom stereocenters. The molecule has 0 spiro atoms. The van der Waals surface area contributed by atoms with Gasteiger partial charge in [0.25, 0.3) is 0 Å². The molecule has 16 heavy (non-hydrogen) atoms. The zero-order chi connectivity index (χ0) is 12.1. The summed E-state index contributed by atoms with van der Waals surface area (Å²) in [5.41, 5.74) is 7.54. The van der Waals surface area contributed by atoms with Crippen molar-refractivity contribution in [2.45, 2.75) is 19.9 Å². The van der Waals surface area contributed by atoms with Crippen molar-refractivity contribution in [1.29, 1.82) is 0 Å². The van der Waals surface area contributed by atoms with Gasteiger partial charge in [-0.1, -0.05) is 18.3 Å². The highest BCUT2D eigenvalue weighted by atomic mass is 32.1. The Kier molecular flexibility index (Phi) is 4.83. The van der Waals surface area contributed by atoms with Gasteiger partial charge in [-0.25, -0.2) is 4.39 Å². The summed E-state index contributed by atoms with van der Waals surface area (Å²) in [6.45, 7) is 3.53. The predicted molar refractivity (Wildman–Crippen MR) is 68.9 cm³/mol. The molecule has 0 aliphatic rings. The Morgan fingerprint density at radius 3 is 2.75 bits per heavy atom. The first-order valence-electron chi connectivity index (χ1n) is 5.21. The summed E-state index contributed by atoms with van der Waals surface area (Å²) in [4.78, 5) is 2.65. The number of hydrogen-bond acceptors (Lipinski definition) is 2. The van der Waals surface area contributed by atoms with Crippen molar-refractivity contribution >= 4 is 17.2 Å². The molecule has 0 radical (unpaired) electrons. The van der Waals surface area contributed by atoms with E-state index in [9.17, 15) is 4.39 Å². The van der Waals surface area contributed by atoms with Gasteiger partial charge in [0.15, 0.2) is 0 Å². The van der Waals surface area contributed by atoms with E-state index in [0.29, 0.717) is 11.4 Å². The second-order valence-corrected chi connectivity index (χ2v) is 4.55. The van der Waals surface area contributed by atoms with Gasteiger partial charge in [0.1, 0.15) is 5.82 Å². The first-order valence-corrected chi connectivity index (χ1v) is 5.61. The fourth-order valence-corrected chi connectivity index (χ4v) is 1.60. The minimum atomic E-state index is -0.188. The first-order chi connectivity index (χ1) is 7.49. The molecule has 0 saturated carbocycles. The molecule has 1 aromatic carbocycles. The van der Waals surface area contributed by atoms with Gasteiger partial charge in [0.05, 0.1) is 4.99 Å². The van der Waals surface area contributed by atoms with Gasteiger partial charge in [-0.05, 0) is 37.2 Å². The van der Waals surface area contributed by atoms with Crippen LogP contribution in [0, 0.1) is 12.7 Å². The molecule has 0 saturated heterocycles. The Bertz CT molecular complexity index is 379. The Labute approximate surface area is 101 Å². The average Bonchev–Trinajstić information content (AvgIpc) is 2.19. The lowest BCUT2D eigenvalue weighted by Crippen LogP contribution is -2.23. The highest BCUT2D eigenvalue weighted by Crippen LogP contribution is 2.12. The van der Waals surface area contributed by atoms with Gasteiger partial charge in [0.2, 0.25) is 0 Å². The van der Waals surface area contributed by atoms with Gasteiger partial charge in [-0.15, -0.1) is 0 Å². The Morgan fingerprint density at radius 2 is 2.19 bits per heavy atom. The van der Waals surface area contributed by atoms with E-state index in [0.717, 1.165) is 24.2 Å². The van der Waals surface area contributed by atoms with Crippen LogP contribution in [0.4, 0.5) is 4.39 Å². The number of halogens is 1. The fraction of sp³-hybridized carbons (Fsp3) is 0.417. The van der Waals surface area contributed by atoms with Crippen LogP contribution in [0.25, 0.3) is 0 Å². The summed E-state index contributed by atoms with van der Waals surface area (Å²) in [6.07, 6.45) is 0.714. The van der Waals surface area contributed by atoms with Crippen molar-refractivity contribution in [3.8, 4) is 0 Å². The van der Waals surface area contributed by atoms with E-state index in [1.54, 1.807) is 6.07 Å². The van der Waals surface area contributed by atoms with Crippen LogP contribution in [-0.2, 0) is 6.54 Å². The molecule has 2 nitrogen and oxygen atoms in total. The van der Waals surface area contributed by atoms with Crippen molar-refractivity contribution in [2.24, 2.45) is 5.73 Å². The van der Waals surface area contributed by atoms with Crippen molar-refractivity contribution in [3.05, 3.63) is 35.1 Å². The summed E-state index contributed by atoms with van der Waals surface area (Å²) in [7, 11) is 2.00. The monoisotopic (exact) mass is 240 g/mol. The third kappa shape index (κ3) is 4.24. The summed E-state index contributed by atoms with van der Waals surface area (Å²) < 4.78 is 12.9. The lowest BCUT2D eigenvalue weighted by Gasteiger charge is -2.17. The second-order valence-electron chi connectivity index (χ2n) is 4.02. The van der Waals surface area contributed by atoms with Crippen molar-refractivity contribution in [2.75, 3.05) is 13.6 Å². The molecule has 0 heterocycles. The summed E-state index contributed by atoms with van der Waals surface area (Å²) >= 11 is 4.82. The van der Waals surface area contributed by atoms with E-state index < -0.39 is 0 Å². The number of nitrogens with zero attached hydrogens (tertiary/aromatic N) is 1. The molecular formula is C12H17FN2S. The van der Waals surface area contributed by atoms with Gasteiger partial charge < -0.3 is 10.6 Å². The van der Waals surface area contributed by atoms with Gasteiger partial charge in [-0.3, -0.25) is 0 Å². The van der Waals surface area contributed by atoms with E-state index in [1.165, 1.54) is 6.07 Å². The quantitative estimate of drug-likeness (QED) is 0.800. The topological polar surface area (TPSA) is 29.3 Å². The third-order valence-corrected chi connectivity index (χ3v) is 2.69. The molecule has 0 amide bonds. The fourth-order valence-electron chi connectivity index (χ4n) is 1.51. The first kappa shape index (κ1) is 13.1. The summed E-state index contributed by atoms with van der Waals surface area (Å²) in [5.74, 6) is -0.188. The maximum atomic E-state index is 12.9. The minimum Gasteiger partial charge on any atom is -0.393 e. The lowest BCUT2D eigenvalue weighted by molar-refractivity contribution is 0.336. The predicted octanol–water partition coefficient (Wildman–Crippen LogP) is 2.24. The van der Waals surface area contributed by atoms with Crippen LogP contribution in [0.15, 0.2) is 18.2 Å². The maximum Gasteiger partial charge on any atom is 0.123 e. The maximum absolute atomic E-state index is 12.9. The highest BCUT2D eigenvalue weighted by Gasteiger charge is 2.04. The van der Waals surface area contributed by atoms with E-state index in [1.807, 2.05) is 20.0 Å². The van der Waals surface area contributed by atoms with E-state index in [-0.39, 0.29) is 5.82 Å². The molecule has 0 aliphatic carbocycles. The van der Waals surface area contributed by atoms with Gasteiger partial charge in [-0.2, -0.15) is 0 Å². The normalized spacial score (nSPS) is 10.8. The molecular weight excluding hydrogens is 223 g/mol. The summed E-state index contributed by atoms with van der Waals surface area (Å²) in [5, 5.41) is 0. The molecule has 88 valence electrons. The highest BCUT2D eigenvalue weighted by molar-refractivity contribution is 7.80. The Morgan fingerprint density at radius 1 is 1.50 bits per heavy atom. The van der Waals surface area contributed by atoms with Crippen LogP contribution in [0.5, 0.6) is 0 Å². The van der Waals surface area contributed by atoms with Crippen LogP contribution in [0.3, 0.4) is 0 Å². The van der Waals surface area contributed by atoms with Crippen LogP contribution in [-0.4, -0.2) is 23.5 Å². The number of hydrogen-bond donors (Lipinski definition) is 1. The number of rotatable bonds is 5. The largest absolute Gasteiger partial charge is 0.393 e. The molecule has 0 fully saturated rings. The number of nitrogens with two attached hydrogens (primary N) is 1. The molecule has 0 bridgehead atoms. The lowest BCUT2D eigenvalue weighted by atomic mass is 10.1. The Balaban J connectivity index is 2.55. The van der Waals surface area contributed by atoms with E-state index in [2.05, 4.69) is 4.90 Å². The minimum absolute atomic E-state index is 0.188. The van der Waals surface area contributed by atoms with Crippen LogP contribution < -0.4 is 5.73 Å². The molecule has 0 aromatic heterocycles.